The van der Waals surface area contributed by atoms with Gasteiger partial charge in [-0.2, -0.15) is 0 Å². The lowest BCUT2D eigenvalue weighted by Crippen LogP contribution is -2.21. The van der Waals surface area contributed by atoms with Crippen LogP contribution >= 0.6 is 0 Å². The summed E-state index contributed by atoms with van der Waals surface area (Å²) in [4.78, 5) is 0. The van der Waals surface area contributed by atoms with Gasteiger partial charge in [-0.1, -0.05) is 51.9 Å². The van der Waals surface area contributed by atoms with Crippen LogP contribution in [0.1, 0.15) is 71.6 Å². The van der Waals surface area contributed by atoms with Gasteiger partial charge in [0.1, 0.15) is 0 Å². The highest BCUT2D eigenvalue weighted by atomic mass is 16.5. The van der Waals surface area contributed by atoms with Crippen LogP contribution in [0.15, 0.2) is 11.9 Å². The third kappa shape index (κ3) is 15.2. The van der Waals surface area contributed by atoms with E-state index in [0.29, 0.717) is 0 Å². The monoisotopic (exact) mass is 270 g/mol. The van der Waals surface area contributed by atoms with Gasteiger partial charge in [0.15, 0.2) is 0 Å². The van der Waals surface area contributed by atoms with Gasteiger partial charge in [0.05, 0.1) is 5.82 Å². The summed E-state index contributed by atoms with van der Waals surface area (Å²) >= 11 is 0. The molecule has 3 nitrogen and oxygen atoms in total. The van der Waals surface area contributed by atoms with E-state index < -0.39 is 0 Å². The highest BCUT2D eigenvalue weighted by Gasteiger charge is 1.93. The summed E-state index contributed by atoms with van der Waals surface area (Å²) in [6.07, 6.45) is 13.7. The van der Waals surface area contributed by atoms with Crippen molar-refractivity contribution in [3.8, 4) is 0 Å². The van der Waals surface area contributed by atoms with E-state index in [1.807, 2.05) is 13.0 Å². The highest BCUT2D eigenvalue weighted by Crippen LogP contribution is 2.08. The van der Waals surface area contributed by atoms with Crippen LogP contribution in [0, 0.1) is 0 Å². The minimum absolute atomic E-state index is 0.753. The predicted molar refractivity (Wildman–Crippen MR) is 84.0 cm³/mol. The summed E-state index contributed by atoms with van der Waals surface area (Å²) in [6, 6.07) is 0. The maximum atomic E-state index is 5.62. The molecule has 0 heterocycles. The molecule has 0 saturated heterocycles. The van der Waals surface area contributed by atoms with Crippen molar-refractivity contribution in [2.24, 2.45) is 5.73 Å². The topological polar surface area (TPSA) is 47.3 Å². The highest BCUT2D eigenvalue weighted by molar-refractivity contribution is 4.89. The van der Waals surface area contributed by atoms with Crippen molar-refractivity contribution in [1.29, 1.82) is 0 Å². The molecule has 0 radical (unpaired) electrons. The molecule has 0 unspecified atom stereocenters. The Kier molecular flexibility index (Phi) is 14.8. The van der Waals surface area contributed by atoms with E-state index in [2.05, 4.69) is 12.2 Å². The number of ether oxygens (including phenoxy) is 1. The second-order valence-electron chi connectivity index (χ2n) is 5.11. The van der Waals surface area contributed by atoms with Crippen LogP contribution in [0.4, 0.5) is 0 Å². The Morgan fingerprint density at radius 3 is 2.16 bits per heavy atom. The van der Waals surface area contributed by atoms with Gasteiger partial charge >= 0.3 is 0 Å². The van der Waals surface area contributed by atoms with E-state index in [4.69, 9.17) is 10.5 Å². The van der Waals surface area contributed by atoms with Crippen LogP contribution in [0.25, 0.3) is 0 Å². The maximum Gasteiger partial charge on any atom is 0.0916 e. The number of rotatable bonds is 14. The summed E-state index contributed by atoms with van der Waals surface area (Å²) in [5, 5.41) is 3.13. The molecular formula is C16H34N2O. The summed E-state index contributed by atoms with van der Waals surface area (Å²) in [5.74, 6) is 0.753. The fourth-order valence-electron chi connectivity index (χ4n) is 1.95. The number of hydrogen-bond donors (Lipinski definition) is 2. The van der Waals surface area contributed by atoms with E-state index in [1.165, 1.54) is 51.4 Å². The SMILES string of the molecule is CC=C(N)NCCCOCCCCCCCCCC. The van der Waals surface area contributed by atoms with Crippen molar-refractivity contribution in [2.75, 3.05) is 19.8 Å². The molecule has 0 atom stereocenters. The molecule has 3 heteroatoms. The molecule has 3 N–H and O–H groups in total. The van der Waals surface area contributed by atoms with Gasteiger partial charge in [-0.05, 0) is 25.8 Å². The van der Waals surface area contributed by atoms with Crippen molar-refractivity contribution >= 4 is 0 Å². The third-order valence-electron chi connectivity index (χ3n) is 3.25. The maximum absolute atomic E-state index is 5.62. The van der Waals surface area contributed by atoms with Crippen LogP contribution in [0.2, 0.25) is 0 Å². The fraction of sp³-hybridized carbons (Fsp3) is 0.875. The number of unbranched alkanes of at least 4 members (excludes halogenated alkanes) is 7. The van der Waals surface area contributed by atoms with E-state index in [1.54, 1.807) is 0 Å². The molecule has 19 heavy (non-hydrogen) atoms. The van der Waals surface area contributed by atoms with E-state index in [0.717, 1.165) is 32.0 Å². The fourth-order valence-corrected chi connectivity index (χ4v) is 1.95. The molecule has 0 aliphatic heterocycles. The molecule has 0 aromatic rings. The summed E-state index contributed by atoms with van der Waals surface area (Å²) < 4.78 is 5.59. The zero-order chi connectivity index (χ0) is 14.2. The predicted octanol–water partition coefficient (Wildman–Crippen LogP) is 3.94. The molecule has 0 saturated carbocycles. The molecule has 0 aromatic carbocycles. The second-order valence-corrected chi connectivity index (χ2v) is 5.11. The number of nitrogens with one attached hydrogen (secondary N) is 1. The van der Waals surface area contributed by atoms with Gasteiger partial charge in [0.25, 0.3) is 0 Å². The minimum Gasteiger partial charge on any atom is -0.386 e. The molecule has 0 aromatic heterocycles. The molecule has 0 bridgehead atoms. The quantitative estimate of drug-likeness (QED) is 0.470. The van der Waals surface area contributed by atoms with Gasteiger partial charge in [-0.3, -0.25) is 0 Å². The molecule has 0 amide bonds. The zero-order valence-corrected chi connectivity index (χ0v) is 13.0. The number of allylic oxidation sites excluding steroid dienone is 1. The second kappa shape index (κ2) is 15.4. The van der Waals surface area contributed by atoms with Crippen LogP contribution in [0.5, 0.6) is 0 Å². The minimum atomic E-state index is 0.753. The molecule has 0 aliphatic rings. The van der Waals surface area contributed by atoms with Crippen molar-refractivity contribution in [2.45, 2.75) is 71.6 Å². The Morgan fingerprint density at radius 1 is 0.947 bits per heavy atom. The Bertz CT molecular complexity index is 205. The standard InChI is InChI=1S/C16H34N2O/c1-3-5-6-7-8-9-10-11-14-19-15-12-13-18-16(17)4-2/h4,18H,3,5-15,17H2,1-2H3. The van der Waals surface area contributed by atoms with Gasteiger partial charge in [0.2, 0.25) is 0 Å². The van der Waals surface area contributed by atoms with Gasteiger partial charge in [-0.25, -0.2) is 0 Å². The molecule has 0 aliphatic carbocycles. The van der Waals surface area contributed by atoms with E-state index in [-0.39, 0.29) is 0 Å². The first kappa shape index (κ1) is 18.3. The van der Waals surface area contributed by atoms with Crippen LogP contribution in [-0.4, -0.2) is 19.8 Å². The lowest BCUT2D eigenvalue weighted by molar-refractivity contribution is 0.128. The Hall–Kier alpha value is -0.700. The van der Waals surface area contributed by atoms with Gasteiger partial charge in [-0.15, -0.1) is 0 Å². The van der Waals surface area contributed by atoms with E-state index in [9.17, 15) is 0 Å². The van der Waals surface area contributed by atoms with E-state index >= 15 is 0 Å². The van der Waals surface area contributed by atoms with Crippen molar-refractivity contribution < 1.29 is 4.74 Å². The van der Waals surface area contributed by atoms with Crippen molar-refractivity contribution in [3.63, 3.8) is 0 Å². The Balaban J connectivity index is 2.99. The molecule has 0 fully saturated rings. The lowest BCUT2D eigenvalue weighted by Gasteiger charge is -2.07. The van der Waals surface area contributed by atoms with Gasteiger partial charge in [0, 0.05) is 19.8 Å². The van der Waals surface area contributed by atoms with Crippen molar-refractivity contribution in [3.05, 3.63) is 11.9 Å². The molecule has 114 valence electrons. The Labute approximate surface area is 120 Å². The molecule has 0 spiro atoms. The molecular weight excluding hydrogens is 236 g/mol. The first-order chi connectivity index (χ1) is 9.31. The summed E-state index contributed by atoms with van der Waals surface area (Å²) in [5.41, 5.74) is 5.62. The number of hydrogen-bond acceptors (Lipinski definition) is 3. The lowest BCUT2D eigenvalue weighted by atomic mass is 10.1. The molecule has 0 rings (SSSR count). The Morgan fingerprint density at radius 2 is 1.53 bits per heavy atom. The van der Waals surface area contributed by atoms with Gasteiger partial charge < -0.3 is 15.8 Å². The summed E-state index contributed by atoms with van der Waals surface area (Å²) in [6.45, 7) is 6.84. The normalized spacial score (nSPS) is 11.8. The summed E-state index contributed by atoms with van der Waals surface area (Å²) in [7, 11) is 0. The average molecular weight is 270 g/mol. The first-order valence-corrected chi connectivity index (χ1v) is 8.04. The smallest absolute Gasteiger partial charge is 0.0916 e. The van der Waals surface area contributed by atoms with Crippen LogP contribution in [0.3, 0.4) is 0 Å². The van der Waals surface area contributed by atoms with Crippen LogP contribution in [-0.2, 0) is 4.74 Å². The first-order valence-electron chi connectivity index (χ1n) is 8.04. The zero-order valence-electron chi connectivity index (χ0n) is 13.0. The van der Waals surface area contributed by atoms with Crippen LogP contribution < -0.4 is 11.1 Å². The third-order valence-corrected chi connectivity index (χ3v) is 3.25. The average Bonchev–Trinajstić information content (AvgIpc) is 2.43. The largest absolute Gasteiger partial charge is 0.386 e. The van der Waals surface area contributed by atoms with Crippen molar-refractivity contribution in [1.82, 2.24) is 5.32 Å². The number of nitrogens with two attached hydrogens (primary N) is 1.